The van der Waals surface area contributed by atoms with Gasteiger partial charge in [-0.15, -0.1) is 22.7 Å². The quantitative estimate of drug-likeness (QED) is 0.486. The van der Waals surface area contributed by atoms with E-state index in [9.17, 15) is 9.59 Å². The third kappa shape index (κ3) is 4.02. The number of hydrogen-bond donors (Lipinski definition) is 2. The van der Waals surface area contributed by atoms with Crippen molar-refractivity contribution >= 4 is 68.6 Å². The largest absolute Gasteiger partial charge is 0.465 e. The van der Waals surface area contributed by atoms with Crippen LogP contribution in [0.5, 0.6) is 0 Å². The maximum absolute atomic E-state index is 12.3. The van der Waals surface area contributed by atoms with Gasteiger partial charge >= 0.3 is 12.0 Å². The van der Waals surface area contributed by atoms with E-state index in [4.69, 9.17) is 27.9 Å². The number of hydrogen-bond acceptors (Lipinski definition) is 5. The van der Waals surface area contributed by atoms with Crippen LogP contribution in [-0.2, 0) is 4.74 Å². The molecule has 2 amide bonds. The van der Waals surface area contributed by atoms with Crippen molar-refractivity contribution in [3.63, 3.8) is 0 Å². The molecule has 2 heterocycles. The summed E-state index contributed by atoms with van der Waals surface area (Å²) in [5.74, 6) is -0.514. The molecule has 0 spiro atoms. The summed E-state index contributed by atoms with van der Waals surface area (Å²) in [5, 5.41) is 10.2. The average Bonchev–Trinajstić information content (AvgIpc) is 3.27. The highest BCUT2D eigenvalue weighted by atomic mass is 35.5. The van der Waals surface area contributed by atoms with Gasteiger partial charge in [-0.1, -0.05) is 29.3 Å². The number of benzene rings is 1. The normalized spacial score (nSPS) is 10.4. The van der Waals surface area contributed by atoms with Gasteiger partial charge in [-0.25, -0.2) is 9.59 Å². The molecule has 0 unspecified atom stereocenters. The smallest absolute Gasteiger partial charge is 0.341 e. The Bertz CT molecular complexity index is 955. The minimum Gasteiger partial charge on any atom is -0.465 e. The minimum atomic E-state index is -0.514. The number of rotatable bonds is 4. The van der Waals surface area contributed by atoms with Crippen LogP contribution in [0.2, 0.25) is 10.0 Å². The molecule has 3 aromatic rings. The predicted octanol–water partition coefficient (Wildman–Crippen LogP) is 6.21. The lowest BCUT2D eigenvalue weighted by atomic mass is 10.1. The van der Waals surface area contributed by atoms with Crippen molar-refractivity contribution in [3.8, 4) is 10.4 Å². The second-order valence-corrected chi connectivity index (χ2v) is 7.67. The molecule has 26 heavy (non-hydrogen) atoms. The first-order chi connectivity index (χ1) is 12.5. The van der Waals surface area contributed by atoms with Gasteiger partial charge in [0.25, 0.3) is 0 Å². The molecule has 3 rings (SSSR count). The summed E-state index contributed by atoms with van der Waals surface area (Å²) in [5.41, 5.74) is 1.53. The number of methoxy groups -OCH3 is 1. The van der Waals surface area contributed by atoms with Gasteiger partial charge in [-0.3, -0.25) is 5.32 Å². The fraction of sp³-hybridized carbons (Fsp3) is 0.0588. The second kappa shape index (κ2) is 8.09. The van der Waals surface area contributed by atoms with E-state index in [0.717, 1.165) is 10.4 Å². The van der Waals surface area contributed by atoms with Crippen LogP contribution in [0, 0.1) is 0 Å². The van der Waals surface area contributed by atoms with Crippen molar-refractivity contribution in [3.05, 3.63) is 56.7 Å². The summed E-state index contributed by atoms with van der Waals surface area (Å²) in [6.07, 6.45) is 0. The molecule has 0 atom stereocenters. The van der Waals surface area contributed by atoms with E-state index in [1.54, 1.807) is 12.1 Å². The van der Waals surface area contributed by atoms with E-state index in [-0.39, 0.29) is 0 Å². The van der Waals surface area contributed by atoms with Crippen LogP contribution in [-0.4, -0.2) is 19.1 Å². The van der Waals surface area contributed by atoms with E-state index < -0.39 is 12.0 Å². The maximum Gasteiger partial charge on any atom is 0.341 e. The first kappa shape index (κ1) is 18.7. The van der Waals surface area contributed by atoms with E-state index in [1.807, 2.05) is 22.9 Å². The van der Waals surface area contributed by atoms with Gasteiger partial charge in [-0.2, -0.15) is 0 Å². The van der Waals surface area contributed by atoms with Crippen LogP contribution in [0.1, 0.15) is 10.4 Å². The Hall–Kier alpha value is -2.06. The number of thiophene rings is 2. The Labute approximate surface area is 167 Å². The summed E-state index contributed by atoms with van der Waals surface area (Å²) in [6, 6.07) is 8.03. The third-order valence-electron chi connectivity index (χ3n) is 3.37. The van der Waals surface area contributed by atoms with Crippen LogP contribution in [0.15, 0.2) is 41.1 Å². The van der Waals surface area contributed by atoms with Crippen molar-refractivity contribution in [2.45, 2.75) is 0 Å². The molecular formula is C17H12Cl2N2O3S2. The Morgan fingerprint density at radius 3 is 2.54 bits per heavy atom. The zero-order valence-corrected chi connectivity index (χ0v) is 16.5. The van der Waals surface area contributed by atoms with Gasteiger partial charge in [0.05, 0.1) is 17.2 Å². The number of anilines is 2. The zero-order valence-electron chi connectivity index (χ0n) is 13.3. The summed E-state index contributed by atoms with van der Waals surface area (Å²) in [7, 11) is 1.30. The molecule has 0 aliphatic rings. The highest BCUT2D eigenvalue weighted by Crippen LogP contribution is 2.38. The number of halogens is 2. The maximum atomic E-state index is 12.3. The summed E-state index contributed by atoms with van der Waals surface area (Å²) in [4.78, 5) is 25.4. The van der Waals surface area contributed by atoms with Crippen LogP contribution in [0.4, 0.5) is 15.5 Å². The number of carbonyl (C=O) groups excluding carboxylic acids is 2. The number of ether oxygens (including phenoxy) is 1. The Balaban J connectivity index is 1.83. The monoisotopic (exact) mass is 426 g/mol. The van der Waals surface area contributed by atoms with Gasteiger partial charge in [0.2, 0.25) is 0 Å². The van der Waals surface area contributed by atoms with Crippen molar-refractivity contribution in [1.82, 2.24) is 0 Å². The highest BCUT2D eigenvalue weighted by molar-refractivity contribution is 7.17. The molecule has 0 saturated carbocycles. The number of amides is 2. The van der Waals surface area contributed by atoms with Crippen LogP contribution in [0.25, 0.3) is 10.4 Å². The van der Waals surface area contributed by atoms with Gasteiger partial charge in [0, 0.05) is 21.5 Å². The standard InChI is InChI=1S/C17H12Cl2N2O3S2/c1-24-16(22)14-10(13-3-2-6-25-13)8-26-15(14)21-17(23)20-9-4-5-11(18)12(19)7-9/h2-8H,1H3,(H2,20,21,23). The second-order valence-electron chi connectivity index (χ2n) is 5.03. The van der Waals surface area contributed by atoms with Crippen LogP contribution < -0.4 is 10.6 Å². The lowest BCUT2D eigenvalue weighted by Crippen LogP contribution is -2.20. The van der Waals surface area contributed by atoms with Crippen molar-refractivity contribution in [2.24, 2.45) is 0 Å². The Kier molecular flexibility index (Phi) is 5.83. The van der Waals surface area contributed by atoms with E-state index in [0.29, 0.717) is 26.3 Å². The molecule has 0 fully saturated rings. The average molecular weight is 427 g/mol. The fourth-order valence-electron chi connectivity index (χ4n) is 2.21. The summed E-state index contributed by atoms with van der Waals surface area (Å²) < 4.78 is 4.87. The molecule has 0 saturated heterocycles. The molecule has 5 nitrogen and oxygen atoms in total. The molecule has 0 bridgehead atoms. The van der Waals surface area contributed by atoms with E-state index in [1.165, 1.54) is 35.8 Å². The fourth-order valence-corrected chi connectivity index (χ4v) is 4.27. The molecule has 2 N–H and O–H groups in total. The van der Waals surface area contributed by atoms with Gasteiger partial charge in [-0.05, 0) is 29.6 Å². The predicted molar refractivity (Wildman–Crippen MR) is 108 cm³/mol. The first-order valence-corrected chi connectivity index (χ1v) is 9.78. The van der Waals surface area contributed by atoms with Crippen LogP contribution in [0.3, 0.4) is 0 Å². The first-order valence-electron chi connectivity index (χ1n) is 7.26. The Morgan fingerprint density at radius 2 is 1.88 bits per heavy atom. The number of urea groups is 1. The van der Waals surface area contributed by atoms with E-state index >= 15 is 0 Å². The van der Waals surface area contributed by atoms with Gasteiger partial charge in [0.15, 0.2) is 0 Å². The number of esters is 1. The molecular weight excluding hydrogens is 415 g/mol. The Morgan fingerprint density at radius 1 is 1.08 bits per heavy atom. The minimum absolute atomic E-state index is 0.323. The lowest BCUT2D eigenvalue weighted by Gasteiger charge is -2.09. The van der Waals surface area contributed by atoms with Crippen molar-refractivity contribution in [2.75, 3.05) is 17.7 Å². The molecule has 0 aliphatic heterocycles. The third-order valence-corrected chi connectivity index (χ3v) is 5.91. The number of carbonyl (C=O) groups is 2. The van der Waals surface area contributed by atoms with Crippen molar-refractivity contribution < 1.29 is 14.3 Å². The van der Waals surface area contributed by atoms with Crippen LogP contribution >= 0.6 is 45.9 Å². The highest BCUT2D eigenvalue weighted by Gasteiger charge is 2.22. The molecule has 0 radical (unpaired) electrons. The SMILES string of the molecule is COC(=O)c1c(-c2cccs2)csc1NC(=O)Nc1ccc(Cl)c(Cl)c1. The van der Waals surface area contributed by atoms with E-state index in [2.05, 4.69) is 10.6 Å². The molecule has 1 aromatic carbocycles. The number of nitrogens with one attached hydrogen (secondary N) is 2. The zero-order chi connectivity index (χ0) is 18.7. The summed E-state index contributed by atoms with van der Waals surface area (Å²) >= 11 is 14.6. The van der Waals surface area contributed by atoms with Gasteiger partial charge in [0.1, 0.15) is 10.6 Å². The lowest BCUT2D eigenvalue weighted by molar-refractivity contribution is 0.0603. The topological polar surface area (TPSA) is 67.4 Å². The van der Waals surface area contributed by atoms with Gasteiger partial charge < -0.3 is 10.1 Å². The van der Waals surface area contributed by atoms with Crippen molar-refractivity contribution in [1.29, 1.82) is 0 Å². The molecule has 134 valence electrons. The molecule has 9 heteroatoms. The summed E-state index contributed by atoms with van der Waals surface area (Å²) in [6.45, 7) is 0. The molecule has 2 aromatic heterocycles. The molecule has 0 aliphatic carbocycles.